The number of pyridine rings is 1. The molecule has 0 saturated heterocycles. The first-order valence-corrected chi connectivity index (χ1v) is 9.12. The molecule has 7 nitrogen and oxygen atoms in total. The highest BCUT2D eigenvalue weighted by Gasteiger charge is 2.24. The summed E-state index contributed by atoms with van der Waals surface area (Å²) in [5.41, 5.74) is 1.86. The van der Waals surface area contributed by atoms with Gasteiger partial charge in [0, 0.05) is 12.0 Å². The number of carbonyl (C=O) groups excluding carboxylic acids is 1. The Morgan fingerprint density at radius 3 is 2.43 bits per heavy atom. The average Bonchev–Trinajstić information content (AvgIpc) is 2.98. The Morgan fingerprint density at radius 1 is 1.26 bits per heavy atom. The van der Waals surface area contributed by atoms with Gasteiger partial charge in [-0.15, -0.1) is 4.83 Å². The molecule has 23 heavy (non-hydrogen) atoms. The number of hydrogen-bond donors (Lipinski definition) is 2. The largest absolute Gasteiger partial charge is 0.472 e. The number of nitrogens with zero attached hydrogens (tertiary/aromatic N) is 1. The van der Waals surface area contributed by atoms with E-state index in [1.807, 2.05) is 20.8 Å². The van der Waals surface area contributed by atoms with Gasteiger partial charge in [-0.25, -0.2) is 13.4 Å². The molecule has 1 aromatic rings. The van der Waals surface area contributed by atoms with Gasteiger partial charge in [0.25, 0.3) is 10.0 Å². The first kappa shape index (κ1) is 17.7. The molecule has 0 aromatic carbocycles. The van der Waals surface area contributed by atoms with Crippen molar-refractivity contribution in [2.24, 2.45) is 5.92 Å². The van der Waals surface area contributed by atoms with E-state index in [1.54, 1.807) is 0 Å². The quantitative estimate of drug-likeness (QED) is 0.795. The molecule has 0 bridgehead atoms. The van der Waals surface area contributed by atoms with Crippen LogP contribution in [0.5, 0.6) is 5.88 Å². The number of carbonyl (C=O) groups is 1. The number of rotatable bonds is 5. The number of amides is 1. The van der Waals surface area contributed by atoms with Gasteiger partial charge in [-0.3, -0.25) is 10.2 Å². The van der Waals surface area contributed by atoms with E-state index in [4.69, 9.17) is 4.74 Å². The number of aromatic nitrogens is 1. The van der Waals surface area contributed by atoms with Crippen molar-refractivity contribution in [3.8, 4) is 5.88 Å². The maximum atomic E-state index is 12.1. The van der Waals surface area contributed by atoms with Crippen LogP contribution in [0.1, 0.15) is 46.5 Å². The SMILES string of the molecule is CC(C)(C)Oc1ccc(S(=O)(=O)NNC(=O)C2CCCC2)cn1. The molecular formula is C15H23N3O4S. The predicted molar refractivity (Wildman–Crippen MR) is 85.0 cm³/mol. The van der Waals surface area contributed by atoms with Gasteiger partial charge < -0.3 is 4.74 Å². The fraction of sp³-hybridized carbons (Fsp3) is 0.600. The van der Waals surface area contributed by atoms with Crippen LogP contribution in [0.2, 0.25) is 0 Å². The average molecular weight is 341 g/mol. The van der Waals surface area contributed by atoms with Crippen molar-refractivity contribution in [3.05, 3.63) is 18.3 Å². The van der Waals surface area contributed by atoms with Crippen molar-refractivity contribution in [3.63, 3.8) is 0 Å². The molecule has 0 spiro atoms. The molecule has 0 atom stereocenters. The molecule has 1 saturated carbocycles. The standard InChI is InChI=1S/C15H23N3O4S/c1-15(2,3)22-13-9-8-12(10-16-13)23(20,21)18-17-14(19)11-6-4-5-7-11/h8-11,18H,4-7H2,1-3H3,(H,17,19). The molecule has 2 rings (SSSR count). The Labute approximate surface area is 136 Å². The smallest absolute Gasteiger partial charge is 0.258 e. The van der Waals surface area contributed by atoms with Crippen LogP contribution in [0.25, 0.3) is 0 Å². The zero-order valence-corrected chi connectivity index (χ0v) is 14.4. The van der Waals surface area contributed by atoms with Crippen LogP contribution in [-0.4, -0.2) is 24.9 Å². The van der Waals surface area contributed by atoms with E-state index in [1.165, 1.54) is 18.3 Å². The first-order valence-electron chi connectivity index (χ1n) is 7.64. The van der Waals surface area contributed by atoms with E-state index >= 15 is 0 Å². The molecule has 0 radical (unpaired) electrons. The van der Waals surface area contributed by atoms with E-state index in [9.17, 15) is 13.2 Å². The number of hydrazine groups is 1. The Bertz CT molecular complexity index is 644. The highest BCUT2D eigenvalue weighted by Crippen LogP contribution is 2.24. The lowest BCUT2D eigenvalue weighted by Gasteiger charge is -2.20. The fourth-order valence-corrected chi connectivity index (χ4v) is 3.16. The predicted octanol–water partition coefficient (Wildman–Crippen LogP) is 1.76. The van der Waals surface area contributed by atoms with Gasteiger partial charge >= 0.3 is 0 Å². The van der Waals surface area contributed by atoms with Gasteiger partial charge in [0.2, 0.25) is 11.8 Å². The molecule has 1 amide bonds. The summed E-state index contributed by atoms with van der Waals surface area (Å²) < 4.78 is 29.8. The molecule has 0 aliphatic heterocycles. The zero-order valence-electron chi connectivity index (χ0n) is 13.6. The lowest BCUT2D eigenvalue weighted by Crippen LogP contribution is -2.44. The lowest BCUT2D eigenvalue weighted by atomic mass is 10.1. The lowest BCUT2D eigenvalue weighted by molar-refractivity contribution is -0.125. The topological polar surface area (TPSA) is 97.4 Å². The van der Waals surface area contributed by atoms with Gasteiger partial charge in [-0.05, 0) is 39.7 Å². The van der Waals surface area contributed by atoms with Crippen LogP contribution in [0.3, 0.4) is 0 Å². The van der Waals surface area contributed by atoms with Gasteiger partial charge in [0.15, 0.2) is 0 Å². The summed E-state index contributed by atoms with van der Waals surface area (Å²) in [6.07, 6.45) is 4.81. The van der Waals surface area contributed by atoms with Gasteiger partial charge in [-0.2, -0.15) is 0 Å². The van der Waals surface area contributed by atoms with Gasteiger partial charge in [0.1, 0.15) is 10.5 Å². The Balaban J connectivity index is 1.97. The minimum absolute atomic E-state index is 0.0366. The molecule has 8 heteroatoms. The summed E-state index contributed by atoms with van der Waals surface area (Å²) in [5.74, 6) is -0.0588. The summed E-state index contributed by atoms with van der Waals surface area (Å²) >= 11 is 0. The summed E-state index contributed by atoms with van der Waals surface area (Å²) in [5, 5.41) is 0. The molecule has 2 N–H and O–H groups in total. The molecule has 1 aliphatic carbocycles. The Kier molecular flexibility index (Phi) is 5.26. The maximum absolute atomic E-state index is 12.1. The number of ether oxygens (including phenoxy) is 1. The Hall–Kier alpha value is -1.67. The zero-order chi connectivity index (χ0) is 17.1. The summed E-state index contributed by atoms with van der Waals surface area (Å²) in [4.78, 5) is 17.9. The van der Waals surface area contributed by atoms with Crippen LogP contribution in [-0.2, 0) is 14.8 Å². The van der Waals surface area contributed by atoms with Crippen molar-refractivity contribution in [1.82, 2.24) is 15.2 Å². The summed E-state index contributed by atoms with van der Waals surface area (Å²) in [6.45, 7) is 5.62. The molecule has 0 unspecified atom stereocenters. The fourth-order valence-electron chi connectivity index (χ4n) is 2.37. The molecule has 1 aliphatic rings. The van der Waals surface area contributed by atoms with E-state index in [-0.39, 0.29) is 16.7 Å². The monoisotopic (exact) mass is 341 g/mol. The normalized spacial score (nSPS) is 16.3. The van der Waals surface area contributed by atoms with Gasteiger partial charge in [0.05, 0.1) is 6.20 Å². The first-order chi connectivity index (χ1) is 10.7. The van der Waals surface area contributed by atoms with E-state index in [0.717, 1.165) is 25.7 Å². The molecular weight excluding hydrogens is 318 g/mol. The van der Waals surface area contributed by atoms with E-state index in [0.29, 0.717) is 5.88 Å². The van der Waals surface area contributed by atoms with Gasteiger partial charge in [-0.1, -0.05) is 12.8 Å². The van der Waals surface area contributed by atoms with Crippen LogP contribution in [0.15, 0.2) is 23.2 Å². The summed E-state index contributed by atoms with van der Waals surface area (Å²) in [7, 11) is -3.85. The number of hydrogen-bond acceptors (Lipinski definition) is 5. The molecule has 128 valence electrons. The molecule has 1 heterocycles. The van der Waals surface area contributed by atoms with Crippen molar-refractivity contribution in [2.75, 3.05) is 0 Å². The summed E-state index contributed by atoms with van der Waals surface area (Å²) in [6, 6.07) is 2.87. The number of nitrogens with one attached hydrogen (secondary N) is 2. The minimum Gasteiger partial charge on any atom is -0.472 e. The van der Waals surface area contributed by atoms with Crippen LogP contribution in [0, 0.1) is 5.92 Å². The highest BCUT2D eigenvalue weighted by atomic mass is 32.2. The highest BCUT2D eigenvalue weighted by molar-refractivity contribution is 7.89. The van der Waals surface area contributed by atoms with Crippen molar-refractivity contribution in [2.45, 2.75) is 57.0 Å². The van der Waals surface area contributed by atoms with Crippen LogP contribution >= 0.6 is 0 Å². The van der Waals surface area contributed by atoms with Crippen molar-refractivity contribution < 1.29 is 17.9 Å². The third kappa shape index (κ3) is 5.18. The van der Waals surface area contributed by atoms with Crippen LogP contribution < -0.4 is 15.0 Å². The third-order valence-corrected chi connectivity index (χ3v) is 4.70. The number of sulfonamides is 1. The van der Waals surface area contributed by atoms with Crippen molar-refractivity contribution >= 4 is 15.9 Å². The second-order valence-electron chi connectivity index (χ2n) is 6.62. The second-order valence-corrected chi connectivity index (χ2v) is 8.31. The second kappa shape index (κ2) is 6.84. The minimum atomic E-state index is -3.85. The van der Waals surface area contributed by atoms with E-state index in [2.05, 4.69) is 15.2 Å². The molecule has 1 fully saturated rings. The maximum Gasteiger partial charge on any atom is 0.258 e. The van der Waals surface area contributed by atoms with Crippen LogP contribution in [0.4, 0.5) is 0 Å². The molecule has 1 aromatic heterocycles. The Morgan fingerprint density at radius 2 is 1.91 bits per heavy atom. The third-order valence-electron chi connectivity index (χ3n) is 3.46. The van der Waals surface area contributed by atoms with E-state index < -0.39 is 15.6 Å². The van der Waals surface area contributed by atoms with Crippen molar-refractivity contribution in [1.29, 1.82) is 0 Å².